The summed E-state index contributed by atoms with van der Waals surface area (Å²) < 4.78 is 43.5. The van der Waals surface area contributed by atoms with E-state index in [2.05, 4.69) is 5.10 Å². The van der Waals surface area contributed by atoms with Crippen molar-refractivity contribution in [2.24, 2.45) is 10.9 Å². The topological polar surface area (TPSA) is 50.9 Å². The van der Waals surface area contributed by atoms with Crippen LogP contribution in [-0.2, 0) is 0 Å². The van der Waals surface area contributed by atoms with E-state index in [9.17, 15) is 13.2 Å². The molecule has 0 amide bonds. The molecule has 0 spiro atoms. The van der Waals surface area contributed by atoms with Gasteiger partial charge in [-0.3, -0.25) is 4.90 Å². The second kappa shape index (κ2) is 7.33. The van der Waals surface area contributed by atoms with E-state index in [-0.39, 0.29) is 16.7 Å². The molecule has 3 rings (SSSR count). The Hall–Kier alpha value is -1.61. The first-order valence-corrected chi connectivity index (χ1v) is 9.42. The molecule has 154 valence electrons. The second-order valence-electron chi connectivity index (χ2n) is 7.55. The highest BCUT2D eigenvalue weighted by Gasteiger charge is 2.42. The summed E-state index contributed by atoms with van der Waals surface area (Å²) in [7, 11) is 1.56. The van der Waals surface area contributed by atoms with Gasteiger partial charge in [-0.05, 0) is 32.4 Å². The van der Waals surface area contributed by atoms with Gasteiger partial charge in [0.2, 0.25) is 0 Å². The number of quaternary nitrogens is 1. The van der Waals surface area contributed by atoms with E-state index >= 15 is 0 Å². The molecule has 2 aliphatic rings. The number of rotatable bonds is 5. The maximum atomic E-state index is 12.6. The molecule has 0 radical (unpaired) electrons. The lowest BCUT2D eigenvalue weighted by Gasteiger charge is -2.41. The van der Waals surface area contributed by atoms with E-state index in [1.54, 1.807) is 13.3 Å². The zero-order valence-corrected chi connectivity index (χ0v) is 17.1. The van der Waals surface area contributed by atoms with Gasteiger partial charge < -0.3 is 4.74 Å². The lowest BCUT2D eigenvalue weighted by molar-refractivity contribution is -0.924. The molecular weight excluding hydrogens is 393 g/mol. The zero-order valence-electron chi connectivity index (χ0n) is 16.3. The van der Waals surface area contributed by atoms with Crippen LogP contribution in [0.25, 0.3) is 0 Å². The minimum absolute atomic E-state index is 0.0764. The molecule has 1 aromatic carbocycles. The van der Waals surface area contributed by atoms with Crippen LogP contribution in [0.15, 0.2) is 23.4 Å². The number of hydrogen-bond donors (Lipinski definition) is 1. The molecule has 9 heteroatoms. The van der Waals surface area contributed by atoms with E-state index in [4.69, 9.17) is 22.2 Å². The van der Waals surface area contributed by atoms with Crippen molar-refractivity contribution >= 4 is 17.3 Å². The Balaban J connectivity index is 1.95. The van der Waals surface area contributed by atoms with Gasteiger partial charge in [-0.15, -0.1) is 5.84 Å². The van der Waals surface area contributed by atoms with E-state index in [1.165, 1.54) is 4.90 Å². The van der Waals surface area contributed by atoms with E-state index in [1.807, 2.05) is 32.9 Å². The molecule has 0 saturated carbocycles. The van der Waals surface area contributed by atoms with E-state index in [0.717, 1.165) is 22.4 Å². The van der Waals surface area contributed by atoms with Crippen molar-refractivity contribution in [3.8, 4) is 5.75 Å². The second-order valence-corrected chi connectivity index (χ2v) is 7.96. The van der Waals surface area contributed by atoms with Crippen molar-refractivity contribution in [1.29, 1.82) is 0 Å². The first-order valence-electron chi connectivity index (χ1n) is 9.04. The molecule has 2 unspecified atom stereocenters. The third-order valence-corrected chi connectivity index (χ3v) is 5.87. The van der Waals surface area contributed by atoms with Crippen LogP contribution < -0.4 is 10.6 Å². The number of halogens is 4. The van der Waals surface area contributed by atoms with Crippen LogP contribution in [0.1, 0.15) is 42.5 Å². The van der Waals surface area contributed by atoms with Crippen LogP contribution in [-0.4, -0.2) is 48.2 Å². The molecule has 1 aromatic rings. The summed E-state index contributed by atoms with van der Waals surface area (Å²) in [5.74, 6) is 6.98. The van der Waals surface area contributed by atoms with Crippen molar-refractivity contribution in [1.82, 2.24) is 4.90 Å². The van der Waals surface area contributed by atoms with Crippen LogP contribution in [0.5, 0.6) is 5.75 Å². The summed E-state index contributed by atoms with van der Waals surface area (Å²) in [6.07, 6.45) is -0.561. The molecule has 0 aromatic heterocycles. The van der Waals surface area contributed by atoms with Crippen molar-refractivity contribution in [2.45, 2.75) is 38.9 Å². The van der Waals surface area contributed by atoms with Crippen LogP contribution in [0.2, 0.25) is 5.02 Å². The highest BCUT2D eigenvalue weighted by Crippen LogP contribution is 2.45. The van der Waals surface area contributed by atoms with Gasteiger partial charge in [0.1, 0.15) is 17.7 Å². The number of benzene rings is 1. The maximum Gasteiger partial charge on any atom is 0.401 e. The molecule has 2 aliphatic heterocycles. The minimum atomic E-state index is -4.20. The Kier molecular flexibility index (Phi) is 5.53. The number of alkyl halides is 3. The number of ether oxygens (including phenoxy) is 1. The fourth-order valence-electron chi connectivity index (χ4n) is 3.94. The highest BCUT2D eigenvalue weighted by molar-refractivity contribution is 6.31. The van der Waals surface area contributed by atoms with Crippen molar-refractivity contribution < 1.29 is 22.6 Å². The SMILES string of the molecule is COc1c(C(C)[N+]2(N)C=CC(C)=N2)cc(Cl)c(C)c1C1CN(CC(F)(F)F)C1. The van der Waals surface area contributed by atoms with Gasteiger partial charge in [0.25, 0.3) is 0 Å². The third kappa shape index (κ3) is 3.91. The lowest BCUT2D eigenvalue weighted by atomic mass is 9.85. The lowest BCUT2D eigenvalue weighted by Crippen LogP contribution is -2.49. The first-order chi connectivity index (χ1) is 12.9. The molecular formula is C19H25ClF3N4O+. The van der Waals surface area contributed by atoms with Gasteiger partial charge in [0.05, 0.1) is 19.2 Å². The summed E-state index contributed by atoms with van der Waals surface area (Å²) in [5, 5.41) is 5.02. The first kappa shape index (κ1) is 21.1. The van der Waals surface area contributed by atoms with Crippen LogP contribution in [0.3, 0.4) is 0 Å². The number of allylic oxidation sites excluding steroid dienone is 1. The fourth-order valence-corrected chi connectivity index (χ4v) is 4.15. The Bertz CT molecular complexity index is 833. The molecule has 0 aliphatic carbocycles. The van der Waals surface area contributed by atoms with Gasteiger partial charge in [0, 0.05) is 35.7 Å². The Labute approximate surface area is 167 Å². The van der Waals surface area contributed by atoms with Gasteiger partial charge in [-0.2, -0.15) is 13.2 Å². The quantitative estimate of drug-likeness (QED) is 0.575. The molecule has 5 nitrogen and oxygen atoms in total. The predicted molar refractivity (Wildman–Crippen MR) is 103 cm³/mol. The summed E-state index contributed by atoms with van der Waals surface area (Å²) >= 11 is 6.49. The highest BCUT2D eigenvalue weighted by atomic mass is 35.5. The number of nitrogens with zero attached hydrogens (tertiary/aromatic N) is 3. The Morgan fingerprint density at radius 1 is 1.39 bits per heavy atom. The molecule has 2 N–H and O–H groups in total. The average molecular weight is 418 g/mol. The fraction of sp³-hybridized carbons (Fsp3) is 0.526. The smallest absolute Gasteiger partial charge is 0.401 e. The summed E-state index contributed by atoms with van der Waals surface area (Å²) in [6.45, 7) is 5.37. The molecule has 2 atom stereocenters. The van der Waals surface area contributed by atoms with Crippen LogP contribution in [0, 0.1) is 6.92 Å². The zero-order chi connectivity index (χ0) is 20.9. The number of methoxy groups -OCH3 is 1. The average Bonchev–Trinajstić information content (AvgIpc) is 2.92. The molecule has 1 fully saturated rings. The Morgan fingerprint density at radius 2 is 2.04 bits per heavy atom. The molecule has 28 heavy (non-hydrogen) atoms. The molecule has 0 bridgehead atoms. The van der Waals surface area contributed by atoms with Gasteiger partial charge >= 0.3 is 6.18 Å². The van der Waals surface area contributed by atoms with Crippen LogP contribution >= 0.6 is 11.6 Å². The normalized spacial score (nSPS) is 24.2. The van der Waals surface area contributed by atoms with E-state index in [0.29, 0.717) is 23.9 Å². The van der Waals surface area contributed by atoms with Crippen molar-refractivity contribution in [3.63, 3.8) is 0 Å². The van der Waals surface area contributed by atoms with Crippen LogP contribution in [0.4, 0.5) is 13.2 Å². The van der Waals surface area contributed by atoms with Crippen molar-refractivity contribution in [2.75, 3.05) is 26.7 Å². The van der Waals surface area contributed by atoms with E-state index < -0.39 is 12.7 Å². The summed E-state index contributed by atoms with van der Waals surface area (Å²) in [5.41, 5.74) is 3.28. The summed E-state index contributed by atoms with van der Waals surface area (Å²) in [4.78, 5) is 1.38. The largest absolute Gasteiger partial charge is 0.496 e. The van der Waals surface area contributed by atoms with Gasteiger partial charge in [0.15, 0.2) is 6.04 Å². The number of nitrogens with two attached hydrogens (primary N) is 1. The van der Waals surface area contributed by atoms with Gasteiger partial charge in [-0.25, -0.2) is 0 Å². The molecule has 2 heterocycles. The standard InChI is InChI=1S/C19H25ClF3N4O/c1-11-5-6-27(24,25-11)13(3)15-7-16(20)12(2)17(18(15)28-4)14-8-26(9-14)10-19(21,22)23/h5-7,13-14H,8-10,24H2,1-4H3/q+1. The van der Waals surface area contributed by atoms with Gasteiger partial charge in [-0.1, -0.05) is 21.4 Å². The number of likely N-dealkylation sites (tertiary alicyclic amines) is 1. The summed E-state index contributed by atoms with van der Waals surface area (Å²) in [6, 6.07) is 1.53. The van der Waals surface area contributed by atoms with Crippen molar-refractivity contribution in [3.05, 3.63) is 40.1 Å². The molecule has 1 saturated heterocycles. The monoisotopic (exact) mass is 417 g/mol. The maximum absolute atomic E-state index is 12.6. The third-order valence-electron chi connectivity index (χ3n) is 5.48. The Morgan fingerprint density at radius 3 is 2.54 bits per heavy atom. The minimum Gasteiger partial charge on any atom is -0.496 e. The predicted octanol–water partition coefficient (Wildman–Crippen LogP) is 4.27. The number of hydrogen-bond acceptors (Lipinski definition) is 4.